The minimum absolute atomic E-state index is 0.142. The van der Waals surface area contributed by atoms with Gasteiger partial charge in [-0.3, -0.25) is 14.8 Å². The van der Waals surface area contributed by atoms with Crippen LogP contribution in [0.15, 0.2) is 24.3 Å². The van der Waals surface area contributed by atoms with Gasteiger partial charge in [0.05, 0.1) is 17.5 Å². The molecule has 1 rings (SSSR count). The van der Waals surface area contributed by atoms with Gasteiger partial charge < -0.3 is 15.2 Å². The number of hydroxylamine groups is 1. The number of nitrogens with one attached hydrogen (secondary N) is 2. The Morgan fingerprint density at radius 3 is 2.28 bits per heavy atom. The first-order valence-electron chi connectivity index (χ1n) is 8.65. The van der Waals surface area contributed by atoms with Crippen LogP contribution in [0.2, 0.25) is 0 Å². The van der Waals surface area contributed by atoms with Crippen molar-refractivity contribution in [1.29, 1.82) is 0 Å². The van der Waals surface area contributed by atoms with Crippen molar-refractivity contribution in [3.05, 3.63) is 35.4 Å². The molecule has 0 aromatic heterocycles. The van der Waals surface area contributed by atoms with Crippen LogP contribution in [0.5, 0.6) is 0 Å². The van der Waals surface area contributed by atoms with Gasteiger partial charge in [0.2, 0.25) is 0 Å². The molecule has 0 aliphatic heterocycles. The van der Waals surface area contributed by atoms with Gasteiger partial charge >= 0.3 is 0 Å². The second-order valence-electron chi connectivity index (χ2n) is 6.88. The molecular formula is C19H26N2O7S. The fourth-order valence-corrected chi connectivity index (χ4v) is 2.84. The Kier molecular flexibility index (Phi) is 8.79. The zero-order chi connectivity index (χ0) is 22.2. The number of carbonyl (C=O) groups is 2. The fraction of sp³-hybridized carbons (Fsp3) is 0.474. The highest BCUT2D eigenvalue weighted by molar-refractivity contribution is 7.92. The van der Waals surface area contributed by atoms with E-state index in [1.54, 1.807) is 12.1 Å². The zero-order valence-corrected chi connectivity index (χ0v) is 17.5. The van der Waals surface area contributed by atoms with Crippen LogP contribution in [0.1, 0.15) is 36.2 Å². The molecule has 10 heteroatoms. The van der Waals surface area contributed by atoms with Crippen molar-refractivity contribution in [2.75, 3.05) is 20.0 Å². The molecule has 2 amide bonds. The summed E-state index contributed by atoms with van der Waals surface area (Å²) in [6, 6.07) is 4.61. The predicted molar refractivity (Wildman–Crippen MR) is 106 cm³/mol. The van der Waals surface area contributed by atoms with Crippen LogP contribution in [0.4, 0.5) is 0 Å². The van der Waals surface area contributed by atoms with Crippen LogP contribution in [-0.4, -0.2) is 67.4 Å². The largest absolute Gasteiger partial charge is 0.394 e. The van der Waals surface area contributed by atoms with E-state index in [2.05, 4.69) is 17.2 Å². The number of amides is 2. The number of aliphatic hydroxyl groups excluding tert-OH is 1. The molecule has 4 N–H and O–H groups in total. The van der Waals surface area contributed by atoms with Crippen molar-refractivity contribution >= 4 is 21.7 Å². The molecule has 1 unspecified atom stereocenters. The highest BCUT2D eigenvalue weighted by Gasteiger charge is 2.44. The van der Waals surface area contributed by atoms with Crippen LogP contribution in [0, 0.1) is 11.8 Å². The lowest BCUT2D eigenvalue weighted by Gasteiger charge is -2.31. The van der Waals surface area contributed by atoms with E-state index in [1.807, 2.05) is 0 Å². The standard InChI is InChI=1S/C19H26N2O7S/c1-19(2,29(4,26)27)16(18(24)21-25)20-17(23)14-10-8-13(9-11-14)6-5-7-15(12-22)28-3/h8-11,15-16,22,25H,7,12H2,1-4H3,(H,20,23)(H,21,24)/t15?,16-/m1/s1. The Balaban J connectivity index is 2.97. The summed E-state index contributed by atoms with van der Waals surface area (Å²) in [5, 5.41) is 20.3. The van der Waals surface area contributed by atoms with E-state index in [0.29, 0.717) is 12.0 Å². The lowest BCUT2D eigenvalue weighted by molar-refractivity contribution is -0.131. The van der Waals surface area contributed by atoms with Gasteiger partial charge in [-0.2, -0.15) is 0 Å². The van der Waals surface area contributed by atoms with Crippen molar-refractivity contribution in [2.24, 2.45) is 0 Å². The van der Waals surface area contributed by atoms with E-state index in [-0.39, 0.29) is 18.3 Å². The molecule has 0 radical (unpaired) electrons. The van der Waals surface area contributed by atoms with Gasteiger partial charge in [-0.05, 0) is 38.1 Å². The van der Waals surface area contributed by atoms with Gasteiger partial charge in [0.1, 0.15) is 6.04 Å². The Morgan fingerprint density at radius 1 is 1.24 bits per heavy atom. The van der Waals surface area contributed by atoms with Gasteiger partial charge in [0.25, 0.3) is 11.8 Å². The van der Waals surface area contributed by atoms with Crippen molar-refractivity contribution in [2.45, 2.75) is 37.2 Å². The normalized spacial score (nSPS) is 13.6. The number of sulfone groups is 1. The molecule has 0 spiro atoms. The lowest BCUT2D eigenvalue weighted by atomic mass is 10.0. The molecule has 160 valence electrons. The summed E-state index contributed by atoms with van der Waals surface area (Å²) in [4.78, 5) is 24.5. The third kappa shape index (κ3) is 6.54. The van der Waals surface area contributed by atoms with Crippen LogP contribution in [0.3, 0.4) is 0 Å². The summed E-state index contributed by atoms with van der Waals surface area (Å²) in [5.41, 5.74) is 2.19. The third-order valence-corrected chi connectivity index (χ3v) is 6.69. The molecule has 0 bridgehead atoms. The first-order chi connectivity index (χ1) is 13.5. The maximum Gasteiger partial charge on any atom is 0.267 e. The molecule has 1 aromatic rings. The Hall–Kier alpha value is -2.45. The second kappa shape index (κ2) is 10.4. The molecule has 2 atom stereocenters. The average Bonchev–Trinajstić information content (AvgIpc) is 2.68. The van der Waals surface area contributed by atoms with Gasteiger partial charge in [-0.1, -0.05) is 11.8 Å². The SMILES string of the molecule is COC(CO)CC#Cc1ccc(C(=O)N[C@H](C(=O)NO)C(C)(C)S(C)(=O)=O)cc1. The highest BCUT2D eigenvalue weighted by Crippen LogP contribution is 2.21. The number of hydrogen-bond donors (Lipinski definition) is 4. The van der Waals surface area contributed by atoms with Crippen LogP contribution in [-0.2, 0) is 19.4 Å². The monoisotopic (exact) mass is 426 g/mol. The van der Waals surface area contributed by atoms with E-state index < -0.39 is 32.4 Å². The molecule has 0 heterocycles. The van der Waals surface area contributed by atoms with Crippen molar-refractivity contribution in [3.63, 3.8) is 0 Å². The minimum Gasteiger partial charge on any atom is -0.394 e. The first-order valence-corrected chi connectivity index (χ1v) is 10.5. The van der Waals surface area contributed by atoms with E-state index in [9.17, 15) is 18.0 Å². The Bertz CT molecular complexity index is 879. The Labute approximate surface area is 170 Å². The molecule has 0 saturated carbocycles. The summed E-state index contributed by atoms with van der Waals surface area (Å²) in [7, 11) is -2.27. The zero-order valence-electron chi connectivity index (χ0n) is 16.7. The summed E-state index contributed by atoms with van der Waals surface area (Å²) in [5.74, 6) is 4.00. The number of benzene rings is 1. The number of methoxy groups -OCH3 is 1. The van der Waals surface area contributed by atoms with Crippen molar-refractivity contribution in [3.8, 4) is 11.8 Å². The van der Waals surface area contributed by atoms with Crippen LogP contribution >= 0.6 is 0 Å². The summed E-state index contributed by atoms with van der Waals surface area (Å²) in [6.45, 7) is 2.42. The van der Waals surface area contributed by atoms with E-state index in [1.165, 1.54) is 38.6 Å². The molecule has 9 nitrogen and oxygen atoms in total. The van der Waals surface area contributed by atoms with Gasteiger partial charge in [-0.25, -0.2) is 13.9 Å². The number of carbonyl (C=O) groups excluding carboxylic acids is 2. The van der Waals surface area contributed by atoms with Gasteiger partial charge in [-0.15, -0.1) is 0 Å². The molecular weight excluding hydrogens is 400 g/mol. The summed E-state index contributed by atoms with van der Waals surface area (Å²) < 4.78 is 27.4. The predicted octanol–water partition coefficient (Wildman–Crippen LogP) is -0.137. The second-order valence-corrected chi connectivity index (χ2v) is 9.48. The maximum absolute atomic E-state index is 12.5. The maximum atomic E-state index is 12.5. The van der Waals surface area contributed by atoms with Gasteiger partial charge in [0.15, 0.2) is 9.84 Å². The molecule has 1 aromatic carbocycles. The Morgan fingerprint density at radius 2 is 1.83 bits per heavy atom. The van der Waals surface area contributed by atoms with E-state index in [4.69, 9.17) is 15.1 Å². The average molecular weight is 426 g/mol. The molecule has 0 saturated heterocycles. The number of hydrogen-bond acceptors (Lipinski definition) is 7. The molecule has 29 heavy (non-hydrogen) atoms. The van der Waals surface area contributed by atoms with Crippen molar-refractivity contribution in [1.82, 2.24) is 10.8 Å². The first kappa shape index (κ1) is 24.6. The minimum atomic E-state index is -3.75. The summed E-state index contributed by atoms with van der Waals surface area (Å²) >= 11 is 0. The smallest absolute Gasteiger partial charge is 0.267 e. The molecule has 0 aliphatic rings. The molecule has 0 fully saturated rings. The topological polar surface area (TPSA) is 142 Å². The van der Waals surface area contributed by atoms with Crippen LogP contribution in [0.25, 0.3) is 0 Å². The highest BCUT2D eigenvalue weighted by atomic mass is 32.2. The van der Waals surface area contributed by atoms with Crippen LogP contribution < -0.4 is 10.8 Å². The third-order valence-electron chi connectivity index (χ3n) is 4.55. The van der Waals surface area contributed by atoms with Crippen molar-refractivity contribution < 1.29 is 33.1 Å². The number of ether oxygens (including phenoxy) is 1. The van der Waals surface area contributed by atoms with E-state index in [0.717, 1.165) is 6.26 Å². The van der Waals surface area contributed by atoms with Gasteiger partial charge in [0, 0.05) is 30.9 Å². The quantitative estimate of drug-likeness (QED) is 0.257. The summed E-state index contributed by atoms with van der Waals surface area (Å²) in [6.07, 6.45) is 0.906. The number of aliphatic hydroxyl groups is 1. The number of rotatable bonds is 8. The van der Waals surface area contributed by atoms with E-state index >= 15 is 0 Å². The fourth-order valence-electron chi connectivity index (χ4n) is 2.24. The molecule has 0 aliphatic carbocycles. The lowest BCUT2D eigenvalue weighted by Crippen LogP contribution is -2.60.